The van der Waals surface area contributed by atoms with E-state index in [2.05, 4.69) is 19.9 Å². The summed E-state index contributed by atoms with van der Waals surface area (Å²) in [5.41, 5.74) is 0.968. The summed E-state index contributed by atoms with van der Waals surface area (Å²) in [6.07, 6.45) is 3.20. The number of rotatable bonds is 5. The van der Waals surface area contributed by atoms with Crippen LogP contribution in [0.2, 0.25) is 0 Å². The Kier molecular flexibility index (Phi) is 5.79. The standard InChI is InChI=1S/C20H21N5O2S/c1-20(2,3)22-18(26)17(14-9-11-21-12-10-14)25(15-7-5-4-6-8-15)19(27)16-13-28-24-23-16/h4-13,17H,1-3H3,(H,22,26)/t17-/m0/s1. The molecule has 2 heterocycles. The van der Waals surface area contributed by atoms with Gasteiger partial charge >= 0.3 is 0 Å². The number of anilines is 1. The van der Waals surface area contributed by atoms with Crippen LogP contribution < -0.4 is 10.2 Å². The van der Waals surface area contributed by atoms with Crippen molar-refractivity contribution in [1.29, 1.82) is 0 Å². The normalized spacial score (nSPS) is 12.2. The zero-order chi connectivity index (χ0) is 20.1. The highest BCUT2D eigenvalue weighted by atomic mass is 32.1. The minimum atomic E-state index is -0.890. The molecule has 0 radical (unpaired) electrons. The summed E-state index contributed by atoms with van der Waals surface area (Å²) in [5.74, 6) is -0.690. The molecule has 28 heavy (non-hydrogen) atoms. The number of aromatic nitrogens is 3. The second kappa shape index (κ2) is 8.26. The average molecular weight is 395 g/mol. The number of para-hydroxylation sites is 1. The highest BCUT2D eigenvalue weighted by Crippen LogP contribution is 2.29. The second-order valence-corrected chi connectivity index (χ2v) is 7.83. The fraction of sp³-hybridized carbons (Fsp3) is 0.250. The van der Waals surface area contributed by atoms with Crippen LogP contribution in [-0.4, -0.2) is 31.9 Å². The minimum absolute atomic E-state index is 0.191. The lowest BCUT2D eigenvalue weighted by Gasteiger charge is -2.33. The number of amides is 2. The third-order valence-electron chi connectivity index (χ3n) is 3.86. The van der Waals surface area contributed by atoms with Crippen molar-refractivity contribution in [3.8, 4) is 0 Å². The lowest BCUT2D eigenvalue weighted by atomic mass is 10.0. The van der Waals surface area contributed by atoms with Crippen molar-refractivity contribution < 1.29 is 9.59 Å². The van der Waals surface area contributed by atoms with Crippen LogP contribution in [0, 0.1) is 0 Å². The predicted molar refractivity (Wildman–Crippen MR) is 108 cm³/mol. The van der Waals surface area contributed by atoms with Gasteiger partial charge in [0.2, 0.25) is 5.91 Å². The Morgan fingerprint density at radius 3 is 2.32 bits per heavy atom. The fourth-order valence-corrected chi connectivity index (χ4v) is 3.18. The van der Waals surface area contributed by atoms with Crippen LogP contribution in [0.15, 0.2) is 60.2 Å². The first kappa shape index (κ1) is 19.6. The molecule has 3 rings (SSSR count). The van der Waals surface area contributed by atoms with E-state index in [1.807, 2.05) is 39.0 Å². The Labute approximate surface area is 167 Å². The van der Waals surface area contributed by atoms with Crippen molar-refractivity contribution >= 4 is 29.0 Å². The summed E-state index contributed by atoms with van der Waals surface area (Å²) < 4.78 is 3.79. The van der Waals surface area contributed by atoms with Gasteiger partial charge < -0.3 is 5.32 Å². The highest BCUT2D eigenvalue weighted by molar-refractivity contribution is 7.03. The molecule has 8 heteroatoms. The molecule has 0 spiro atoms. The van der Waals surface area contributed by atoms with Crippen LogP contribution in [0.1, 0.15) is 42.9 Å². The van der Waals surface area contributed by atoms with Gasteiger partial charge in [-0.05, 0) is 62.1 Å². The molecule has 0 saturated carbocycles. The van der Waals surface area contributed by atoms with Crippen molar-refractivity contribution in [1.82, 2.24) is 19.9 Å². The van der Waals surface area contributed by atoms with Gasteiger partial charge in [0.25, 0.3) is 5.91 Å². The summed E-state index contributed by atoms with van der Waals surface area (Å²) >= 11 is 1.09. The van der Waals surface area contributed by atoms with E-state index in [1.54, 1.807) is 42.0 Å². The van der Waals surface area contributed by atoms with Gasteiger partial charge in [-0.25, -0.2) is 0 Å². The maximum atomic E-state index is 13.3. The second-order valence-electron chi connectivity index (χ2n) is 7.22. The number of carbonyl (C=O) groups is 2. The molecule has 0 bridgehead atoms. The SMILES string of the molecule is CC(C)(C)NC(=O)[C@H](c1ccncc1)N(C(=O)c1csnn1)c1ccccc1. The van der Waals surface area contributed by atoms with Gasteiger partial charge in [-0.15, -0.1) is 5.10 Å². The Morgan fingerprint density at radius 1 is 1.07 bits per heavy atom. The molecule has 144 valence electrons. The molecule has 0 aliphatic rings. The van der Waals surface area contributed by atoms with Crippen molar-refractivity contribution in [2.75, 3.05) is 4.90 Å². The molecule has 0 aliphatic carbocycles. The summed E-state index contributed by atoms with van der Waals surface area (Å²) in [7, 11) is 0. The molecule has 2 aromatic heterocycles. The molecule has 0 aliphatic heterocycles. The van der Waals surface area contributed by atoms with Crippen molar-refractivity contribution in [3.05, 3.63) is 71.5 Å². The number of hydrogen-bond acceptors (Lipinski definition) is 6. The first-order chi connectivity index (χ1) is 13.4. The molecule has 2 amide bonds. The van der Waals surface area contributed by atoms with E-state index in [4.69, 9.17) is 0 Å². The molecule has 1 N–H and O–H groups in total. The summed E-state index contributed by atoms with van der Waals surface area (Å²) in [6, 6.07) is 11.6. The summed E-state index contributed by atoms with van der Waals surface area (Å²) in [4.78, 5) is 32.1. The van der Waals surface area contributed by atoms with Crippen LogP contribution in [0.3, 0.4) is 0 Å². The lowest BCUT2D eigenvalue weighted by molar-refractivity contribution is -0.123. The van der Waals surface area contributed by atoms with Crippen molar-refractivity contribution in [2.24, 2.45) is 0 Å². The molecule has 7 nitrogen and oxygen atoms in total. The molecule has 0 unspecified atom stereocenters. The minimum Gasteiger partial charge on any atom is -0.349 e. The number of benzene rings is 1. The topological polar surface area (TPSA) is 88.1 Å². The summed E-state index contributed by atoms with van der Waals surface area (Å²) in [5, 5.41) is 8.46. The number of nitrogens with zero attached hydrogens (tertiary/aromatic N) is 4. The van der Waals surface area contributed by atoms with E-state index in [0.29, 0.717) is 11.3 Å². The Balaban J connectivity index is 2.13. The molecule has 1 aromatic carbocycles. The Morgan fingerprint density at radius 2 is 1.75 bits per heavy atom. The van der Waals surface area contributed by atoms with Gasteiger partial charge in [0.05, 0.1) is 0 Å². The molecular formula is C20H21N5O2S. The Bertz CT molecular complexity index is 924. The molecule has 1 atom stereocenters. The van der Waals surface area contributed by atoms with Gasteiger partial charge in [0.1, 0.15) is 6.04 Å². The smallest absolute Gasteiger partial charge is 0.280 e. The fourth-order valence-electron chi connectivity index (χ4n) is 2.75. The van der Waals surface area contributed by atoms with Gasteiger partial charge in [-0.3, -0.25) is 19.5 Å². The van der Waals surface area contributed by atoms with E-state index in [0.717, 1.165) is 11.5 Å². The van der Waals surface area contributed by atoms with Crippen LogP contribution in [0.4, 0.5) is 5.69 Å². The van der Waals surface area contributed by atoms with E-state index < -0.39 is 17.5 Å². The number of nitrogens with one attached hydrogen (secondary N) is 1. The number of pyridine rings is 1. The van der Waals surface area contributed by atoms with E-state index >= 15 is 0 Å². The maximum absolute atomic E-state index is 13.3. The predicted octanol–water partition coefficient (Wildman–Crippen LogP) is 3.24. The van der Waals surface area contributed by atoms with Crippen LogP contribution in [0.25, 0.3) is 0 Å². The summed E-state index contributed by atoms with van der Waals surface area (Å²) in [6.45, 7) is 5.69. The van der Waals surface area contributed by atoms with Crippen LogP contribution in [-0.2, 0) is 4.79 Å². The Hall–Kier alpha value is -3.13. The van der Waals surface area contributed by atoms with Gasteiger partial charge in [-0.2, -0.15) is 0 Å². The van der Waals surface area contributed by atoms with E-state index in [1.165, 1.54) is 4.90 Å². The molecular weight excluding hydrogens is 374 g/mol. The first-order valence-electron chi connectivity index (χ1n) is 8.74. The average Bonchev–Trinajstić information content (AvgIpc) is 3.20. The van der Waals surface area contributed by atoms with E-state index in [-0.39, 0.29) is 11.6 Å². The quantitative estimate of drug-likeness (QED) is 0.716. The van der Waals surface area contributed by atoms with Crippen molar-refractivity contribution in [2.45, 2.75) is 32.4 Å². The maximum Gasteiger partial charge on any atom is 0.280 e. The van der Waals surface area contributed by atoms with Gasteiger partial charge in [-0.1, -0.05) is 22.7 Å². The van der Waals surface area contributed by atoms with Gasteiger partial charge in [0, 0.05) is 29.0 Å². The first-order valence-corrected chi connectivity index (χ1v) is 9.58. The number of hydrogen-bond donors (Lipinski definition) is 1. The zero-order valence-corrected chi connectivity index (χ0v) is 16.7. The lowest BCUT2D eigenvalue weighted by Crippen LogP contribution is -2.49. The molecule has 0 saturated heterocycles. The van der Waals surface area contributed by atoms with Crippen molar-refractivity contribution in [3.63, 3.8) is 0 Å². The van der Waals surface area contributed by atoms with Crippen LogP contribution >= 0.6 is 11.5 Å². The van der Waals surface area contributed by atoms with Crippen LogP contribution in [0.5, 0.6) is 0 Å². The largest absolute Gasteiger partial charge is 0.349 e. The van der Waals surface area contributed by atoms with Gasteiger partial charge in [0.15, 0.2) is 5.69 Å². The third-order valence-corrected chi connectivity index (χ3v) is 4.36. The third kappa shape index (κ3) is 4.58. The monoisotopic (exact) mass is 395 g/mol. The zero-order valence-electron chi connectivity index (χ0n) is 15.9. The molecule has 3 aromatic rings. The number of carbonyl (C=O) groups excluding carboxylic acids is 2. The molecule has 0 fully saturated rings. The highest BCUT2D eigenvalue weighted by Gasteiger charge is 2.35. The van der Waals surface area contributed by atoms with E-state index in [9.17, 15) is 9.59 Å².